The smallest absolute Gasteiger partial charge is 0.191 e. The molecule has 0 amide bonds. The second kappa shape index (κ2) is 8.39. The van der Waals surface area contributed by atoms with Crippen LogP contribution in [0.3, 0.4) is 0 Å². The van der Waals surface area contributed by atoms with Gasteiger partial charge in [0.15, 0.2) is 5.96 Å². The third-order valence-corrected chi connectivity index (χ3v) is 2.40. The molecule has 0 saturated carbocycles. The van der Waals surface area contributed by atoms with Crippen molar-refractivity contribution in [2.24, 2.45) is 4.99 Å². The van der Waals surface area contributed by atoms with E-state index < -0.39 is 0 Å². The first kappa shape index (κ1) is 14.4. The summed E-state index contributed by atoms with van der Waals surface area (Å²) in [5.41, 5.74) is 0. The van der Waals surface area contributed by atoms with Gasteiger partial charge in [0.1, 0.15) is 11.9 Å². The minimum atomic E-state index is 0.0903. The summed E-state index contributed by atoms with van der Waals surface area (Å²) in [5.74, 6) is 1.71. The molecule has 1 rings (SSSR count). The van der Waals surface area contributed by atoms with E-state index in [0.29, 0.717) is 0 Å². The van der Waals surface area contributed by atoms with Gasteiger partial charge in [-0.1, -0.05) is 25.1 Å². The third kappa shape index (κ3) is 5.57. The second-order valence-electron chi connectivity index (χ2n) is 4.12. The van der Waals surface area contributed by atoms with Crippen LogP contribution in [0.1, 0.15) is 20.3 Å². The summed E-state index contributed by atoms with van der Waals surface area (Å²) in [6.45, 7) is 5.81. The summed E-state index contributed by atoms with van der Waals surface area (Å²) in [4.78, 5) is 4.14. The Balaban J connectivity index is 2.30. The summed E-state index contributed by atoms with van der Waals surface area (Å²) in [6, 6.07) is 9.84. The first-order valence-electron chi connectivity index (χ1n) is 6.42. The summed E-state index contributed by atoms with van der Waals surface area (Å²) < 4.78 is 5.77. The van der Waals surface area contributed by atoms with Crippen molar-refractivity contribution in [3.8, 4) is 5.75 Å². The minimum absolute atomic E-state index is 0.0903. The van der Waals surface area contributed by atoms with Crippen molar-refractivity contribution >= 4 is 5.96 Å². The number of benzene rings is 1. The van der Waals surface area contributed by atoms with E-state index in [0.717, 1.165) is 31.2 Å². The molecular weight excluding hydrogens is 226 g/mol. The van der Waals surface area contributed by atoms with Gasteiger partial charge < -0.3 is 15.4 Å². The number of ether oxygens (including phenoxy) is 1. The maximum atomic E-state index is 5.77. The molecule has 1 atom stereocenters. The fraction of sp³-hybridized carbons (Fsp3) is 0.500. The molecule has 0 aliphatic carbocycles. The highest BCUT2D eigenvalue weighted by atomic mass is 16.5. The molecule has 4 heteroatoms. The fourth-order valence-corrected chi connectivity index (χ4v) is 1.48. The molecule has 18 heavy (non-hydrogen) atoms. The van der Waals surface area contributed by atoms with Gasteiger partial charge in [0.25, 0.3) is 0 Å². The van der Waals surface area contributed by atoms with E-state index in [9.17, 15) is 0 Å². The Bertz CT molecular complexity index is 351. The lowest BCUT2D eigenvalue weighted by Gasteiger charge is -2.17. The highest BCUT2D eigenvalue weighted by molar-refractivity contribution is 5.79. The topological polar surface area (TPSA) is 45.7 Å². The zero-order valence-electron chi connectivity index (χ0n) is 11.4. The SMILES string of the molecule is CCCNC(=NC)NCC(C)Oc1ccccc1. The predicted octanol–water partition coefficient (Wildman–Crippen LogP) is 2.03. The molecule has 0 aliphatic rings. The van der Waals surface area contributed by atoms with Gasteiger partial charge in [-0.05, 0) is 25.5 Å². The summed E-state index contributed by atoms with van der Waals surface area (Å²) >= 11 is 0. The van der Waals surface area contributed by atoms with Gasteiger partial charge in [0.2, 0.25) is 0 Å². The second-order valence-corrected chi connectivity index (χ2v) is 4.12. The highest BCUT2D eigenvalue weighted by Gasteiger charge is 2.04. The largest absolute Gasteiger partial charge is 0.489 e. The van der Waals surface area contributed by atoms with Gasteiger partial charge >= 0.3 is 0 Å². The number of hydrogen-bond acceptors (Lipinski definition) is 2. The molecule has 0 fully saturated rings. The average Bonchev–Trinajstić information content (AvgIpc) is 2.40. The summed E-state index contributed by atoms with van der Waals surface area (Å²) in [5, 5.41) is 6.46. The van der Waals surface area contributed by atoms with E-state index in [1.54, 1.807) is 7.05 Å². The maximum Gasteiger partial charge on any atom is 0.191 e. The molecule has 0 spiro atoms. The summed E-state index contributed by atoms with van der Waals surface area (Å²) in [7, 11) is 1.77. The van der Waals surface area contributed by atoms with Crippen molar-refractivity contribution in [1.29, 1.82) is 0 Å². The zero-order valence-corrected chi connectivity index (χ0v) is 11.4. The van der Waals surface area contributed by atoms with Crippen LogP contribution in [-0.4, -0.2) is 32.2 Å². The minimum Gasteiger partial charge on any atom is -0.489 e. The molecule has 1 aromatic rings. The molecule has 0 aliphatic heterocycles. The van der Waals surface area contributed by atoms with Crippen LogP contribution in [-0.2, 0) is 0 Å². The van der Waals surface area contributed by atoms with Gasteiger partial charge in [0, 0.05) is 13.6 Å². The lowest BCUT2D eigenvalue weighted by atomic mass is 10.3. The molecule has 0 aromatic heterocycles. The third-order valence-electron chi connectivity index (χ3n) is 2.40. The van der Waals surface area contributed by atoms with E-state index in [4.69, 9.17) is 4.74 Å². The average molecular weight is 249 g/mol. The number of para-hydroxylation sites is 1. The van der Waals surface area contributed by atoms with Gasteiger partial charge in [-0.2, -0.15) is 0 Å². The molecular formula is C14H23N3O. The highest BCUT2D eigenvalue weighted by Crippen LogP contribution is 2.10. The van der Waals surface area contributed by atoms with Gasteiger partial charge in [-0.15, -0.1) is 0 Å². The molecule has 0 heterocycles. The van der Waals surface area contributed by atoms with E-state index in [1.165, 1.54) is 0 Å². The van der Waals surface area contributed by atoms with Crippen LogP contribution in [0.15, 0.2) is 35.3 Å². The van der Waals surface area contributed by atoms with Crippen LogP contribution in [0.25, 0.3) is 0 Å². The molecule has 100 valence electrons. The molecule has 1 unspecified atom stereocenters. The summed E-state index contributed by atoms with van der Waals surface area (Å²) in [6.07, 6.45) is 1.17. The van der Waals surface area contributed by atoms with Crippen LogP contribution in [0.5, 0.6) is 5.75 Å². The lowest BCUT2D eigenvalue weighted by molar-refractivity contribution is 0.224. The quantitative estimate of drug-likeness (QED) is 0.599. The normalized spacial score (nSPS) is 12.9. The Morgan fingerprint density at radius 2 is 2.00 bits per heavy atom. The van der Waals surface area contributed by atoms with Gasteiger partial charge in [0.05, 0.1) is 6.54 Å². The lowest BCUT2D eigenvalue weighted by Crippen LogP contribution is -2.42. The van der Waals surface area contributed by atoms with Crippen molar-refractivity contribution in [2.75, 3.05) is 20.1 Å². The number of nitrogens with one attached hydrogen (secondary N) is 2. The number of hydrogen-bond donors (Lipinski definition) is 2. The van der Waals surface area contributed by atoms with Crippen LogP contribution >= 0.6 is 0 Å². The van der Waals surface area contributed by atoms with Crippen molar-refractivity contribution in [2.45, 2.75) is 26.4 Å². The monoisotopic (exact) mass is 249 g/mol. The number of guanidine groups is 1. The van der Waals surface area contributed by atoms with Crippen molar-refractivity contribution in [1.82, 2.24) is 10.6 Å². The Kier molecular flexibility index (Phi) is 6.69. The van der Waals surface area contributed by atoms with E-state index in [1.807, 2.05) is 37.3 Å². The van der Waals surface area contributed by atoms with Gasteiger partial charge in [-0.25, -0.2) is 0 Å². The van der Waals surface area contributed by atoms with Gasteiger partial charge in [-0.3, -0.25) is 4.99 Å². The number of aliphatic imine (C=N–C) groups is 1. The molecule has 4 nitrogen and oxygen atoms in total. The Morgan fingerprint density at radius 1 is 1.28 bits per heavy atom. The predicted molar refractivity (Wildman–Crippen MR) is 76.2 cm³/mol. The number of rotatable bonds is 6. The Morgan fingerprint density at radius 3 is 2.61 bits per heavy atom. The van der Waals surface area contributed by atoms with Crippen molar-refractivity contribution in [3.05, 3.63) is 30.3 Å². The molecule has 2 N–H and O–H groups in total. The fourth-order valence-electron chi connectivity index (χ4n) is 1.48. The number of nitrogens with zero attached hydrogens (tertiary/aromatic N) is 1. The van der Waals surface area contributed by atoms with E-state index >= 15 is 0 Å². The van der Waals surface area contributed by atoms with E-state index in [2.05, 4.69) is 22.5 Å². The van der Waals surface area contributed by atoms with Crippen LogP contribution < -0.4 is 15.4 Å². The molecule has 1 aromatic carbocycles. The van der Waals surface area contributed by atoms with Crippen molar-refractivity contribution in [3.63, 3.8) is 0 Å². The van der Waals surface area contributed by atoms with E-state index in [-0.39, 0.29) is 6.10 Å². The Hall–Kier alpha value is -1.71. The van der Waals surface area contributed by atoms with Crippen LogP contribution in [0.4, 0.5) is 0 Å². The Labute approximate surface area is 109 Å². The molecule has 0 saturated heterocycles. The van der Waals surface area contributed by atoms with Crippen LogP contribution in [0.2, 0.25) is 0 Å². The zero-order chi connectivity index (χ0) is 13.2. The molecule has 0 radical (unpaired) electrons. The molecule has 0 bridgehead atoms. The first-order chi connectivity index (χ1) is 8.76. The first-order valence-corrected chi connectivity index (χ1v) is 6.42. The van der Waals surface area contributed by atoms with Crippen LogP contribution in [0, 0.1) is 0 Å². The van der Waals surface area contributed by atoms with Crippen molar-refractivity contribution < 1.29 is 4.74 Å². The maximum absolute atomic E-state index is 5.77. The standard InChI is InChI=1S/C14H23N3O/c1-4-10-16-14(15-3)17-11-12(2)18-13-8-6-5-7-9-13/h5-9,12H,4,10-11H2,1-3H3,(H2,15,16,17).